The van der Waals surface area contributed by atoms with Crippen LogP contribution >= 0.6 is 0 Å². The highest BCUT2D eigenvalue weighted by molar-refractivity contribution is 5.19. The van der Waals surface area contributed by atoms with Crippen molar-refractivity contribution in [1.29, 1.82) is 0 Å². The van der Waals surface area contributed by atoms with Gasteiger partial charge in [0.05, 0.1) is 6.10 Å². The maximum absolute atomic E-state index is 12.7. The second-order valence-corrected chi connectivity index (χ2v) is 2.57. The zero-order valence-corrected chi connectivity index (χ0v) is 6.50. The first-order chi connectivity index (χ1) is 5.11. The van der Waals surface area contributed by atoms with E-state index < -0.39 is 12.1 Å². The summed E-state index contributed by atoms with van der Waals surface area (Å²) in [6, 6.07) is 1.59. The van der Waals surface area contributed by atoms with E-state index >= 15 is 0 Å². The molecule has 1 unspecified atom stereocenters. The molecule has 0 bridgehead atoms. The molecule has 1 aromatic rings. The van der Waals surface area contributed by atoms with Gasteiger partial charge in [-0.3, -0.25) is 0 Å². The van der Waals surface area contributed by atoms with Crippen LogP contribution < -0.4 is 0 Å². The maximum Gasteiger partial charge on any atom is 0.218 e. The number of rotatable bonds is 1. The van der Waals surface area contributed by atoms with Gasteiger partial charge in [0.2, 0.25) is 5.95 Å². The largest absolute Gasteiger partial charge is 0.389 e. The van der Waals surface area contributed by atoms with Crippen molar-refractivity contribution < 1.29 is 9.50 Å². The normalized spacial score (nSPS) is 13.1. The van der Waals surface area contributed by atoms with Gasteiger partial charge in [0.25, 0.3) is 0 Å². The second kappa shape index (κ2) is 2.96. The Hall–Kier alpha value is -0.960. The third kappa shape index (κ3) is 1.74. The molecule has 60 valence electrons. The fraction of sp³-hybridized carbons (Fsp3) is 0.375. The van der Waals surface area contributed by atoms with Crippen LogP contribution in [0.25, 0.3) is 0 Å². The Morgan fingerprint density at radius 1 is 1.64 bits per heavy atom. The van der Waals surface area contributed by atoms with Crippen LogP contribution in [0.4, 0.5) is 4.39 Å². The lowest BCUT2D eigenvalue weighted by Crippen LogP contribution is -1.98. The van der Waals surface area contributed by atoms with Crippen LogP contribution in [0.2, 0.25) is 0 Å². The molecule has 0 aromatic carbocycles. The van der Waals surface area contributed by atoms with Crippen molar-refractivity contribution in [3.8, 4) is 0 Å². The van der Waals surface area contributed by atoms with E-state index in [1.165, 1.54) is 13.1 Å². The predicted octanol–water partition coefficient (Wildman–Crippen LogP) is 1.58. The molecule has 1 rings (SSSR count). The van der Waals surface area contributed by atoms with Crippen molar-refractivity contribution in [2.24, 2.45) is 0 Å². The summed E-state index contributed by atoms with van der Waals surface area (Å²) < 4.78 is 12.7. The number of aromatic nitrogens is 1. The van der Waals surface area contributed by atoms with Crippen molar-refractivity contribution in [3.63, 3.8) is 0 Å². The molecule has 0 aliphatic carbocycles. The molecule has 0 aliphatic heterocycles. The van der Waals surface area contributed by atoms with Crippen LogP contribution in [0.5, 0.6) is 0 Å². The first-order valence-corrected chi connectivity index (χ1v) is 3.41. The van der Waals surface area contributed by atoms with Gasteiger partial charge >= 0.3 is 0 Å². The van der Waals surface area contributed by atoms with Crippen molar-refractivity contribution in [3.05, 3.63) is 29.3 Å². The van der Waals surface area contributed by atoms with Gasteiger partial charge in [-0.15, -0.1) is 0 Å². The fourth-order valence-electron chi connectivity index (χ4n) is 0.868. The first-order valence-electron chi connectivity index (χ1n) is 3.41. The molecule has 0 radical (unpaired) electrons. The van der Waals surface area contributed by atoms with E-state index in [1.54, 1.807) is 13.0 Å². The lowest BCUT2D eigenvalue weighted by molar-refractivity contribution is 0.192. The average Bonchev–Trinajstić information content (AvgIpc) is 1.94. The van der Waals surface area contributed by atoms with Crippen LogP contribution in [-0.2, 0) is 0 Å². The molecule has 0 aliphatic rings. The summed E-state index contributed by atoms with van der Waals surface area (Å²) in [4.78, 5) is 3.47. The minimum Gasteiger partial charge on any atom is -0.389 e. The van der Waals surface area contributed by atoms with Crippen molar-refractivity contribution in [1.82, 2.24) is 4.98 Å². The quantitative estimate of drug-likeness (QED) is 0.624. The third-order valence-electron chi connectivity index (χ3n) is 1.45. The molecule has 3 heteroatoms. The van der Waals surface area contributed by atoms with E-state index in [2.05, 4.69) is 4.98 Å². The van der Waals surface area contributed by atoms with E-state index in [-0.39, 0.29) is 5.56 Å². The number of halogens is 1. The summed E-state index contributed by atoms with van der Waals surface area (Å²) in [7, 11) is 0. The lowest BCUT2D eigenvalue weighted by Gasteiger charge is -2.05. The highest BCUT2D eigenvalue weighted by atomic mass is 19.1. The van der Waals surface area contributed by atoms with Gasteiger partial charge in [-0.25, -0.2) is 4.98 Å². The Bertz CT molecular complexity index is 260. The van der Waals surface area contributed by atoms with Crippen molar-refractivity contribution in [2.45, 2.75) is 20.0 Å². The van der Waals surface area contributed by atoms with Crippen molar-refractivity contribution in [2.75, 3.05) is 0 Å². The predicted molar refractivity (Wildman–Crippen MR) is 39.6 cm³/mol. The van der Waals surface area contributed by atoms with Gasteiger partial charge in [-0.05, 0) is 25.5 Å². The molecular weight excluding hydrogens is 145 g/mol. The van der Waals surface area contributed by atoms with E-state index in [4.69, 9.17) is 5.11 Å². The third-order valence-corrected chi connectivity index (χ3v) is 1.45. The minimum absolute atomic E-state index is 0.255. The summed E-state index contributed by atoms with van der Waals surface area (Å²) in [5.74, 6) is -0.592. The maximum atomic E-state index is 12.7. The van der Waals surface area contributed by atoms with Gasteiger partial charge in [-0.1, -0.05) is 0 Å². The number of hydrogen-bond acceptors (Lipinski definition) is 2. The summed E-state index contributed by atoms with van der Waals surface area (Å²) in [6.45, 7) is 3.32. The number of nitrogens with zero attached hydrogens (tertiary/aromatic N) is 1. The second-order valence-electron chi connectivity index (χ2n) is 2.57. The van der Waals surface area contributed by atoms with Crippen molar-refractivity contribution >= 4 is 0 Å². The van der Waals surface area contributed by atoms with E-state index in [0.29, 0.717) is 0 Å². The number of aliphatic hydroxyl groups is 1. The zero-order chi connectivity index (χ0) is 8.43. The molecule has 0 fully saturated rings. The molecule has 1 N–H and O–H groups in total. The van der Waals surface area contributed by atoms with Crippen LogP contribution in [0.3, 0.4) is 0 Å². The summed E-state index contributed by atoms with van der Waals surface area (Å²) in [5.41, 5.74) is 1.10. The molecule has 11 heavy (non-hydrogen) atoms. The van der Waals surface area contributed by atoms with Gasteiger partial charge < -0.3 is 5.11 Å². The molecule has 1 heterocycles. The Morgan fingerprint density at radius 3 is 2.73 bits per heavy atom. The van der Waals surface area contributed by atoms with Crippen LogP contribution in [0, 0.1) is 12.9 Å². The minimum atomic E-state index is -0.789. The smallest absolute Gasteiger partial charge is 0.218 e. The molecule has 0 saturated heterocycles. The van der Waals surface area contributed by atoms with Crippen LogP contribution in [0.1, 0.15) is 24.2 Å². The molecule has 0 amide bonds. The molecule has 0 saturated carbocycles. The number of pyridine rings is 1. The highest BCUT2D eigenvalue weighted by Crippen LogP contribution is 2.15. The Kier molecular flexibility index (Phi) is 2.19. The summed E-state index contributed by atoms with van der Waals surface area (Å²) in [6.07, 6.45) is 0.642. The Labute approximate surface area is 64.7 Å². The molecule has 1 atom stereocenters. The number of aryl methyl sites for hydroxylation is 1. The van der Waals surface area contributed by atoms with E-state index in [9.17, 15) is 4.39 Å². The molecular formula is C8H10FNO. The summed E-state index contributed by atoms with van der Waals surface area (Å²) in [5, 5.41) is 9.05. The molecule has 2 nitrogen and oxygen atoms in total. The Morgan fingerprint density at radius 2 is 2.27 bits per heavy atom. The molecule has 0 spiro atoms. The van der Waals surface area contributed by atoms with Gasteiger partial charge in [0.15, 0.2) is 0 Å². The van der Waals surface area contributed by atoms with E-state index in [1.807, 2.05) is 0 Å². The van der Waals surface area contributed by atoms with E-state index in [0.717, 1.165) is 5.56 Å². The monoisotopic (exact) mass is 155 g/mol. The Balaban J connectivity index is 3.13. The lowest BCUT2D eigenvalue weighted by atomic mass is 10.1. The molecule has 1 aromatic heterocycles. The zero-order valence-electron chi connectivity index (χ0n) is 6.50. The standard InChI is InChI=1S/C8H10FNO/c1-5-3-7(6(2)11)8(9)10-4-5/h3-4,6,11H,1-2H3. The van der Waals surface area contributed by atoms with Crippen LogP contribution in [-0.4, -0.2) is 10.1 Å². The topological polar surface area (TPSA) is 33.1 Å². The number of aliphatic hydroxyl groups excluding tert-OH is 1. The fourth-order valence-corrected chi connectivity index (χ4v) is 0.868. The van der Waals surface area contributed by atoms with Gasteiger partial charge in [-0.2, -0.15) is 4.39 Å². The van der Waals surface area contributed by atoms with Crippen LogP contribution in [0.15, 0.2) is 12.3 Å². The number of hydrogen-bond donors (Lipinski definition) is 1. The highest BCUT2D eigenvalue weighted by Gasteiger charge is 2.08. The first kappa shape index (κ1) is 8.14. The van der Waals surface area contributed by atoms with Gasteiger partial charge in [0, 0.05) is 11.8 Å². The SMILES string of the molecule is Cc1cnc(F)c(C(C)O)c1. The average molecular weight is 155 g/mol. The summed E-state index contributed by atoms with van der Waals surface area (Å²) >= 11 is 0. The van der Waals surface area contributed by atoms with Gasteiger partial charge in [0.1, 0.15) is 0 Å².